The molecular weight excluding hydrogens is 472 g/mol. The molecule has 1 heterocycles. The maximum atomic E-state index is 12.3. The van der Waals surface area contributed by atoms with Gasteiger partial charge in [0.15, 0.2) is 11.8 Å². The van der Waals surface area contributed by atoms with E-state index in [0.29, 0.717) is 22.5 Å². The molecule has 0 fully saturated rings. The fourth-order valence-corrected chi connectivity index (χ4v) is 4.41. The molecule has 3 aromatic carbocycles. The van der Waals surface area contributed by atoms with Crippen molar-refractivity contribution < 1.29 is 19.1 Å². The van der Waals surface area contributed by atoms with Gasteiger partial charge in [-0.1, -0.05) is 65.8 Å². The first-order valence-corrected chi connectivity index (χ1v) is 12.0. The number of hydrogen-bond donors (Lipinski definition) is 0. The number of benzene rings is 3. The van der Waals surface area contributed by atoms with Gasteiger partial charge >= 0.3 is 11.9 Å². The zero-order chi connectivity index (χ0) is 24.1. The lowest BCUT2D eigenvalue weighted by molar-refractivity contribution is -0.151. The number of aromatic nitrogens is 2. The second-order valence-corrected chi connectivity index (χ2v) is 9.03. The van der Waals surface area contributed by atoms with Crippen molar-refractivity contribution >= 4 is 46.3 Å². The molecule has 0 saturated heterocycles. The summed E-state index contributed by atoms with van der Waals surface area (Å²) < 4.78 is 12.5. The number of thioether (sulfide) groups is 1. The number of halogens is 1. The number of carbonyl (C=O) groups is 2. The first-order chi connectivity index (χ1) is 16.4. The Morgan fingerprint density at radius 1 is 0.971 bits per heavy atom. The molecule has 0 radical (unpaired) electrons. The van der Waals surface area contributed by atoms with Crippen LogP contribution in [0.15, 0.2) is 71.9 Å². The van der Waals surface area contributed by atoms with Crippen LogP contribution in [-0.2, 0) is 20.9 Å². The quantitative estimate of drug-likeness (QED) is 0.180. The Morgan fingerprint density at radius 3 is 2.56 bits per heavy atom. The summed E-state index contributed by atoms with van der Waals surface area (Å²) in [5.74, 6) is -0.691. The van der Waals surface area contributed by atoms with E-state index in [2.05, 4.69) is 4.98 Å². The molecule has 0 aliphatic heterocycles. The van der Waals surface area contributed by atoms with Crippen LogP contribution in [0.25, 0.3) is 11.0 Å². The van der Waals surface area contributed by atoms with Crippen LogP contribution in [0.3, 0.4) is 0 Å². The average Bonchev–Trinajstić information content (AvgIpc) is 3.18. The highest BCUT2D eigenvalue weighted by Gasteiger charge is 2.16. The molecule has 34 heavy (non-hydrogen) atoms. The van der Waals surface area contributed by atoms with Gasteiger partial charge in [0.05, 0.1) is 23.3 Å². The maximum absolute atomic E-state index is 12.3. The van der Waals surface area contributed by atoms with Gasteiger partial charge in [0.25, 0.3) is 0 Å². The van der Waals surface area contributed by atoms with Crippen molar-refractivity contribution in [3.63, 3.8) is 0 Å². The van der Waals surface area contributed by atoms with Crippen LogP contribution >= 0.6 is 23.4 Å². The number of rotatable bonds is 8. The zero-order valence-electron chi connectivity index (χ0n) is 18.8. The smallest absolute Gasteiger partial charge is 0.349 e. The van der Waals surface area contributed by atoms with Gasteiger partial charge in [-0.05, 0) is 54.8 Å². The van der Waals surface area contributed by atoms with Crippen LogP contribution in [0.2, 0.25) is 5.02 Å². The van der Waals surface area contributed by atoms with E-state index in [1.807, 2.05) is 79.1 Å². The number of esters is 2. The van der Waals surface area contributed by atoms with Crippen molar-refractivity contribution in [2.24, 2.45) is 0 Å². The molecular formula is C26H23ClN2O4S. The molecule has 1 aromatic heterocycles. The van der Waals surface area contributed by atoms with Crippen LogP contribution in [0, 0.1) is 13.8 Å². The van der Waals surface area contributed by atoms with Crippen molar-refractivity contribution in [2.75, 3.05) is 12.4 Å². The Morgan fingerprint density at radius 2 is 1.74 bits per heavy atom. The minimum absolute atomic E-state index is 0.00258. The van der Waals surface area contributed by atoms with Crippen LogP contribution in [-0.4, -0.2) is 33.8 Å². The summed E-state index contributed by atoms with van der Waals surface area (Å²) in [4.78, 5) is 29.1. The highest BCUT2D eigenvalue weighted by molar-refractivity contribution is 7.99. The number of nitrogens with zero attached hydrogens (tertiary/aromatic N) is 2. The summed E-state index contributed by atoms with van der Waals surface area (Å²) >= 11 is 7.61. The van der Waals surface area contributed by atoms with Gasteiger partial charge in [0, 0.05) is 5.02 Å². The highest BCUT2D eigenvalue weighted by Crippen LogP contribution is 2.27. The molecule has 6 nitrogen and oxygen atoms in total. The number of aryl methyl sites for hydroxylation is 1. The Kier molecular flexibility index (Phi) is 7.55. The molecule has 0 atom stereocenters. The molecule has 0 aliphatic rings. The predicted molar refractivity (Wildman–Crippen MR) is 134 cm³/mol. The van der Waals surface area contributed by atoms with E-state index in [0.717, 1.165) is 27.7 Å². The lowest BCUT2D eigenvalue weighted by Gasteiger charge is -2.11. The third-order valence-electron chi connectivity index (χ3n) is 5.35. The fraction of sp³-hybridized carbons (Fsp3) is 0.192. The largest absolute Gasteiger partial charge is 0.453 e. The molecule has 0 saturated carbocycles. The first-order valence-electron chi connectivity index (χ1n) is 10.7. The third-order valence-corrected chi connectivity index (χ3v) is 6.67. The third kappa shape index (κ3) is 5.61. The maximum Gasteiger partial charge on any atom is 0.349 e. The van der Waals surface area contributed by atoms with Crippen LogP contribution in [0.1, 0.15) is 16.7 Å². The number of para-hydroxylation sites is 2. The summed E-state index contributed by atoms with van der Waals surface area (Å²) in [5, 5.41) is 1.33. The van der Waals surface area contributed by atoms with E-state index in [1.165, 1.54) is 11.8 Å². The van der Waals surface area contributed by atoms with Gasteiger partial charge in [-0.2, -0.15) is 0 Å². The molecule has 4 rings (SSSR count). The van der Waals surface area contributed by atoms with Gasteiger partial charge < -0.3 is 14.0 Å². The van der Waals surface area contributed by atoms with E-state index in [4.69, 9.17) is 21.1 Å². The number of hydrogen-bond acceptors (Lipinski definition) is 6. The summed E-state index contributed by atoms with van der Waals surface area (Å²) in [6.45, 7) is 3.86. The second-order valence-electron chi connectivity index (χ2n) is 7.68. The van der Waals surface area contributed by atoms with E-state index < -0.39 is 18.5 Å². The molecule has 174 valence electrons. The lowest BCUT2D eigenvalue weighted by Crippen LogP contribution is -2.20. The molecule has 8 heteroatoms. The van der Waals surface area contributed by atoms with E-state index >= 15 is 0 Å². The highest BCUT2D eigenvalue weighted by atomic mass is 35.5. The van der Waals surface area contributed by atoms with Gasteiger partial charge in [-0.15, -0.1) is 0 Å². The van der Waals surface area contributed by atoms with Gasteiger partial charge in [0.1, 0.15) is 5.75 Å². The summed E-state index contributed by atoms with van der Waals surface area (Å²) in [7, 11) is 0. The van der Waals surface area contributed by atoms with Gasteiger partial charge in [-0.3, -0.25) is 4.79 Å². The molecule has 0 aliphatic carbocycles. The Labute approximate surface area is 206 Å². The normalized spacial score (nSPS) is 10.9. The predicted octanol–water partition coefficient (Wildman–Crippen LogP) is 5.60. The van der Waals surface area contributed by atoms with Crippen LogP contribution in [0.4, 0.5) is 0 Å². The van der Waals surface area contributed by atoms with Crippen molar-refractivity contribution in [2.45, 2.75) is 25.5 Å². The molecule has 4 aromatic rings. The number of carbonyl (C=O) groups excluding carboxylic acids is 2. The van der Waals surface area contributed by atoms with Gasteiger partial charge in [-0.25, -0.2) is 9.78 Å². The van der Waals surface area contributed by atoms with E-state index in [-0.39, 0.29) is 5.75 Å². The van der Waals surface area contributed by atoms with Crippen molar-refractivity contribution in [1.29, 1.82) is 0 Å². The monoisotopic (exact) mass is 494 g/mol. The first kappa shape index (κ1) is 23.9. The molecule has 0 N–H and O–H groups in total. The lowest BCUT2D eigenvalue weighted by atomic mass is 10.1. The van der Waals surface area contributed by atoms with Crippen molar-refractivity contribution in [3.05, 3.63) is 88.4 Å². The number of imidazole rings is 1. The van der Waals surface area contributed by atoms with Crippen molar-refractivity contribution in [1.82, 2.24) is 9.55 Å². The fourth-order valence-electron chi connectivity index (χ4n) is 3.40. The molecule has 0 spiro atoms. The number of fused-ring (bicyclic) bond motifs is 1. The summed E-state index contributed by atoms with van der Waals surface area (Å²) in [5.41, 5.74) is 4.59. The molecule has 0 unspecified atom stereocenters. The number of ether oxygens (including phenoxy) is 2. The SMILES string of the molecule is Cc1cccc(OC(=O)COC(=O)CSc2nc3ccccc3n2Cc2ccccc2Cl)c1C. The zero-order valence-corrected chi connectivity index (χ0v) is 20.4. The van der Waals surface area contributed by atoms with Crippen LogP contribution < -0.4 is 4.74 Å². The summed E-state index contributed by atoms with van der Waals surface area (Å²) in [6, 6.07) is 20.8. The Hall–Kier alpha value is -3.29. The standard InChI is InChI=1S/C26H23ClN2O4S/c1-17-8-7-13-23(18(17)2)33-24(30)15-32-25(31)16-34-26-28-21-11-5-6-12-22(21)29(26)14-19-9-3-4-10-20(19)27/h3-13H,14-16H2,1-2H3. The van der Waals surface area contributed by atoms with Gasteiger partial charge in [0.2, 0.25) is 0 Å². The average molecular weight is 495 g/mol. The van der Waals surface area contributed by atoms with Crippen molar-refractivity contribution in [3.8, 4) is 5.75 Å². The molecule has 0 amide bonds. The Bertz CT molecular complexity index is 1350. The van der Waals surface area contributed by atoms with E-state index in [9.17, 15) is 9.59 Å². The minimum atomic E-state index is -0.627. The molecule has 0 bridgehead atoms. The topological polar surface area (TPSA) is 70.4 Å². The summed E-state index contributed by atoms with van der Waals surface area (Å²) in [6.07, 6.45) is 0. The van der Waals surface area contributed by atoms with E-state index in [1.54, 1.807) is 6.07 Å². The Balaban J connectivity index is 1.39. The second kappa shape index (κ2) is 10.8. The minimum Gasteiger partial charge on any atom is -0.453 e. The van der Waals surface area contributed by atoms with Crippen LogP contribution in [0.5, 0.6) is 5.75 Å².